The summed E-state index contributed by atoms with van der Waals surface area (Å²) < 4.78 is 23.5. The largest absolute Gasteiger partial charge is 0.298 e. The highest BCUT2D eigenvalue weighted by molar-refractivity contribution is 7.88. The van der Waals surface area contributed by atoms with E-state index in [9.17, 15) is 13.2 Å². The molecule has 0 spiro atoms. The molecule has 0 aromatic carbocycles. The third-order valence-corrected chi connectivity index (χ3v) is 3.78. The van der Waals surface area contributed by atoms with Gasteiger partial charge < -0.3 is 0 Å². The van der Waals surface area contributed by atoms with Crippen molar-refractivity contribution in [1.82, 2.24) is 4.31 Å². The summed E-state index contributed by atoms with van der Waals surface area (Å²) in [6.45, 7) is 4.20. The molecule has 0 atom stereocenters. The topological polar surface area (TPSA) is 54.5 Å². The molecule has 0 unspecified atom stereocenters. The molecule has 4 nitrogen and oxygen atoms in total. The van der Waals surface area contributed by atoms with E-state index in [1.54, 1.807) is 0 Å². The van der Waals surface area contributed by atoms with Gasteiger partial charge in [-0.2, -0.15) is 4.31 Å². The van der Waals surface area contributed by atoms with Gasteiger partial charge in [0, 0.05) is 12.0 Å². The van der Waals surface area contributed by atoms with Gasteiger partial charge in [-0.3, -0.25) is 4.79 Å². The van der Waals surface area contributed by atoms with Crippen molar-refractivity contribution in [2.75, 3.05) is 19.3 Å². The first-order chi connectivity index (χ1) is 5.73. The molecule has 13 heavy (non-hydrogen) atoms. The Balaban J connectivity index is 2.79. The molecule has 5 heteroatoms. The Morgan fingerprint density at radius 1 is 1.38 bits per heavy atom. The molecule has 1 rings (SSSR count). The number of hydrogen-bond acceptors (Lipinski definition) is 3. The Bertz CT molecular complexity index is 318. The van der Waals surface area contributed by atoms with Gasteiger partial charge in [-0.1, -0.05) is 13.8 Å². The number of rotatable bonds is 1. The maximum Gasteiger partial charge on any atom is 0.211 e. The smallest absolute Gasteiger partial charge is 0.211 e. The van der Waals surface area contributed by atoms with Crippen LogP contribution in [-0.4, -0.2) is 37.9 Å². The van der Waals surface area contributed by atoms with Crippen LogP contribution in [0, 0.1) is 5.41 Å². The fraction of sp³-hybridized carbons (Fsp3) is 0.875. The van der Waals surface area contributed by atoms with Gasteiger partial charge in [0.1, 0.15) is 0 Å². The number of carbonyl (C=O) groups is 1. The molecule has 1 heterocycles. The Hall–Kier alpha value is -0.420. The monoisotopic (exact) mass is 205 g/mol. The number of ketones is 1. The minimum Gasteiger partial charge on any atom is -0.298 e. The molecule has 1 aliphatic heterocycles. The van der Waals surface area contributed by atoms with Crippen LogP contribution in [-0.2, 0) is 14.8 Å². The molecule has 0 N–H and O–H groups in total. The van der Waals surface area contributed by atoms with Crippen molar-refractivity contribution >= 4 is 15.8 Å². The predicted octanol–water partition coefficient (Wildman–Crippen LogP) is 0.247. The van der Waals surface area contributed by atoms with Crippen LogP contribution in [0.5, 0.6) is 0 Å². The lowest BCUT2D eigenvalue weighted by Gasteiger charge is -2.33. The normalized spacial score (nSPS) is 24.7. The highest BCUT2D eigenvalue weighted by Gasteiger charge is 2.36. The first-order valence-electron chi connectivity index (χ1n) is 4.22. The summed E-state index contributed by atoms with van der Waals surface area (Å²) in [4.78, 5) is 11.5. The zero-order valence-electron chi connectivity index (χ0n) is 8.20. The lowest BCUT2D eigenvalue weighted by Crippen LogP contribution is -2.47. The van der Waals surface area contributed by atoms with Crippen molar-refractivity contribution in [2.24, 2.45) is 5.41 Å². The van der Waals surface area contributed by atoms with Gasteiger partial charge in [-0.15, -0.1) is 0 Å². The summed E-state index contributed by atoms with van der Waals surface area (Å²) in [5.74, 6) is 0.00387. The number of nitrogens with zero attached hydrogens (tertiary/aromatic N) is 1. The molecule has 1 fully saturated rings. The Morgan fingerprint density at radius 2 is 1.92 bits per heavy atom. The van der Waals surface area contributed by atoms with Gasteiger partial charge in [-0.05, 0) is 6.42 Å². The molecule has 1 saturated heterocycles. The van der Waals surface area contributed by atoms with E-state index in [2.05, 4.69) is 0 Å². The Kier molecular flexibility index (Phi) is 2.51. The number of hydrogen-bond donors (Lipinski definition) is 0. The average molecular weight is 205 g/mol. The van der Waals surface area contributed by atoms with Crippen molar-refractivity contribution in [2.45, 2.75) is 20.3 Å². The lowest BCUT2D eigenvalue weighted by molar-refractivity contribution is -0.130. The molecule has 0 saturated carbocycles. The lowest BCUT2D eigenvalue weighted by atomic mass is 9.82. The molecule has 0 aromatic heterocycles. The molecule has 1 aliphatic rings. The Labute approximate surface area is 79.0 Å². The number of sulfonamides is 1. The van der Waals surface area contributed by atoms with Gasteiger partial charge in [0.25, 0.3) is 0 Å². The van der Waals surface area contributed by atoms with Crippen molar-refractivity contribution in [3.05, 3.63) is 0 Å². The molecular weight excluding hydrogens is 190 g/mol. The maximum atomic E-state index is 11.5. The van der Waals surface area contributed by atoms with E-state index in [1.807, 2.05) is 13.8 Å². The fourth-order valence-corrected chi connectivity index (χ4v) is 2.05. The number of piperidine rings is 1. The third-order valence-electron chi connectivity index (χ3n) is 2.53. The SMILES string of the molecule is CC1(C)CCN(S(C)(=O)=O)CC1=O. The van der Waals surface area contributed by atoms with Gasteiger partial charge >= 0.3 is 0 Å². The zero-order chi connectivity index (χ0) is 10.3. The number of carbonyl (C=O) groups excluding carboxylic acids is 1. The van der Waals surface area contributed by atoms with E-state index in [0.717, 1.165) is 6.26 Å². The van der Waals surface area contributed by atoms with Crippen molar-refractivity contribution in [1.29, 1.82) is 0 Å². The predicted molar refractivity (Wildman–Crippen MR) is 49.8 cm³/mol. The van der Waals surface area contributed by atoms with Gasteiger partial charge in [0.2, 0.25) is 10.0 Å². The molecule has 0 aromatic rings. The quantitative estimate of drug-likeness (QED) is 0.616. The van der Waals surface area contributed by atoms with Crippen LogP contribution in [0.3, 0.4) is 0 Å². The van der Waals surface area contributed by atoms with E-state index in [-0.39, 0.29) is 17.7 Å². The van der Waals surface area contributed by atoms with E-state index < -0.39 is 10.0 Å². The van der Waals surface area contributed by atoms with Crippen LogP contribution >= 0.6 is 0 Å². The van der Waals surface area contributed by atoms with Gasteiger partial charge in [0.05, 0.1) is 12.8 Å². The number of Topliss-reactive ketones (excluding diaryl/α,β-unsaturated/α-hetero) is 1. The van der Waals surface area contributed by atoms with Crippen molar-refractivity contribution < 1.29 is 13.2 Å². The van der Waals surface area contributed by atoms with Crippen LogP contribution in [0.25, 0.3) is 0 Å². The molecule has 0 aliphatic carbocycles. The van der Waals surface area contributed by atoms with E-state index >= 15 is 0 Å². The van der Waals surface area contributed by atoms with Crippen LogP contribution in [0.1, 0.15) is 20.3 Å². The third kappa shape index (κ3) is 2.28. The fourth-order valence-electron chi connectivity index (χ4n) is 1.28. The minimum atomic E-state index is -3.20. The highest BCUT2D eigenvalue weighted by Crippen LogP contribution is 2.27. The van der Waals surface area contributed by atoms with E-state index in [1.165, 1.54) is 4.31 Å². The second-order valence-corrected chi connectivity index (χ2v) is 6.14. The maximum absolute atomic E-state index is 11.5. The Morgan fingerprint density at radius 3 is 2.31 bits per heavy atom. The molecular formula is C8H15NO3S. The summed E-state index contributed by atoms with van der Waals surface area (Å²) in [5.41, 5.74) is -0.360. The standard InChI is InChI=1S/C8H15NO3S/c1-8(2)4-5-9(6-7(8)10)13(3,11)12/h4-6H2,1-3H3. The summed E-state index contributed by atoms with van der Waals surface area (Å²) in [7, 11) is -3.20. The van der Waals surface area contributed by atoms with Crippen LogP contribution in [0.15, 0.2) is 0 Å². The van der Waals surface area contributed by atoms with Gasteiger partial charge in [-0.25, -0.2) is 8.42 Å². The second kappa shape index (κ2) is 3.06. The van der Waals surface area contributed by atoms with Crippen molar-refractivity contribution in [3.8, 4) is 0 Å². The van der Waals surface area contributed by atoms with Crippen LogP contribution < -0.4 is 0 Å². The summed E-state index contributed by atoms with van der Waals surface area (Å²) in [6, 6.07) is 0. The molecule has 0 bridgehead atoms. The van der Waals surface area contributed by atoms with Crippen LogP contribution in [0.4, 0.5) is 0 Å². The summed E-state index contributed by atoms with van der Waals surface area (Å²) in [6.07, 6.45) is 1.75. The first-order valence-corrected chi connectivity index (χ1v) is 6.07. The minimum absolute atomic E-state index is 0.00387. The van der Waals surface area contributed by atoms with E-state index in [4.69, 9.17) is 0 Å². The zero-order valence-corrected chi connectivity index (χ0v) is 9.02. The first kappa shape index (κ1) is 10.7. The summed E-state index contributed by atoms with van der Waals surface area (Å²) >= 11 is 0. The average Bonchev–Trinajstić information content (AvgIpc) is 1.92. The second-order valence-electron chi connectivity index (χ2n) is 4.15. The highest BCUT2D eigenvalue weighted by atomic mass is 32.2. The molecule has 76 valence electrons. The van der Waals surface area contributed by atoms with Gasteiger partial charge in [0.15, 0.2) is 5.78 Å². The van der Waals surface area contributed by atoms with Crippen molar-refractivity contribution in [3.63, 3.8) is 0 Å². The van der Waals surface area contributed by atoms with E-state index in [0.29, 0.717) is 13.0 Å². The summed E-state index contributed by atoms with van der Waals surface area (Å²) in [5, 5.41) is 0. The molecule has 0 amide bonds. The molecule has 0 radical (unpaired) electrons. The van der Waals surface area contributed by atoms with Crippen LogP contribution in [0.2, 0.25) is 0 Å².